The van der Waals surface area contributed by atoms with E-state index in [9.17, 15) is 23.1 Å². The van der Waals surface area contributed by atoms with Crippen LogP contribution in [0.2, 0.25) is 0 Å². The third kappa shape index (κ3) is 5.96. The molecule has 2 atom stereocenters. The molecule has 5 rings (SSSR count). The van der Waals surface area contributed by atoms with Crippen LogP contribution in [-0.4, -0.2) is 35.0 Å². The molecular weight excluding hydrogens is 529 g/mol. The zero-order valence-electron chi connectivity index (χ0n) is 22.0. The third-order valence-corrected chi connectivity index (χ3v) is 6.98. The molecule has 0 spiro atoms. The number of carbonyl (C=O) groups is 1. The molecule has 0 bridgehead atoms. The molecule has 0 amide bonds. The highest BCUT2D eigenvalue weighted by atomic mass is 19.1. The van der Waals surface area contributed by atoms with Gasteiger partial charge in [-0.1, -0.05) is 6.07 Å². The lowest BCUT2D eigenvalue weighted by atomic mass is 9.98. The molecule has 0 saturated heterocycles. The fourth-order valence-corrected chi connectivity index (χ4v) is 4.96. The van der Waals surface area contributed by atoms with Crippen molar-refractivity contribution in [2.75, 3.05) is 13.2 Å². The van der Waals surface area contributed by atoms with E-state index in [2.05, 4.69) is 0 Å². The van der Waals surface area contributed by atoms with E-state index in [0.29, 0.717) is 29.9 Å². The van der Waals surface area contributed by atoms with Crippen LogP contribution in [0, 0.1) is 17.5 Å². The van der Waals surface area contributed by atoms with Gasteiger partial charge < -0.3 is 29.2 Å². The van der Waals surface area contributed by atoms with Crippen molar-refractivity contribution in [3.8, 4) is 28.7 Å². The quantitative estimate of drug-likeness (QED) is 0.295. The Morgan fingerprint density at radius 1 is 1.02 bits per heavy atom. The first-order chi connectivity index (χ1) is 19.0. The number of aliphatic carboxylic acids is 1. The van der Waals surface area contributed by atoms with Crippen LogP contribution in [0.5, 0.6) is 28.7 Å². The fourth-order valence-electron chi connectivity index (χ4n) is 4.96. The van der Waals surface area contributed by atoms with Crippen LogP contribution < -0.4 is 18.9 Å². The third-order valence-electron chi connectivity index (χ3n) is 6.98. The van der Waals surface area contributed by atoms with Crippen molar-refractivity contribution >= 4 is 5.97 Å². The molecule has 2 N–H and O–H groups in total. The van der Waals surface area contributed by atoms with E-state index >= 15 is 0 Å². The summed E-state index contributed by atoms with van der Waals surface area (Å²) in [6.45, 7) is 3.42. The van der Waals surface area contributed by atoms with Gasteiger partial charge in [0.2, 0.25) is 0 Å². The van der Waals surface area contributed by atoms with Gasteiger partial charge in [0.1, 0.15) is 29.2 Å². The van der Waals surface area contributed by atoms with Crippen molar-refractivity contribution in [1.29, 1.82) is 0 Å². The lowest BCUT2D eigenvalue weighted by Gasteiger charge is -2.18. The van der Waals surface area contributed by atoms with Crippen molar-refractivity contribution in [3.05, 3.63) is 76.6 Å². The van der Waals surface area contributed by atoms with Crippen LogP contribution in [0.25, 0.3) is 0 Å². The second-order valence-corrected chi connectivity index (χ2v) is 10.6. The van der Waals surface area contributed by atoms with Gasteiger partial charge in [-0.25, -0.2) is 13.2 Å². The van der Waals surface area contributed by atoms with Gasteiger partial charge in [-0.15, -0.1) is 0 Å². The summed E-state index contributed by atoms with van der Waals surface area (Å²) in [5, 5.41) is 18.9. The van der Waals surface area contributed by atoms with E-state index in [1.807, 2.05) is 0 Å². The van der Waals surface area contributed by atoms with Crippen molar-refractivity contribution < 1.29 is 47.1 Å². The number of rotatable bonds is 10. The molecule has 40 heavy (non-hydrogen) atoms. The molecule has 1 heterocycles. The Labute approximate surface area is 229 Å². The summed E-state index contributed by atoms with van der Waals surface area (Å²) in [6.07, 6.45) is 0.343. The van der Waals surface area contributed by atoms with Crippen LogP contribution in [0.1, 0.15) is 61.8 Å². The highest BCUT2D eigenvalue weighted by molar-refractivity contribution is 5.68. The number of hydrogen-bond acceptors (Lipinski definition) is 6. The Bertz CT molecular complexity index is 1430. The molecule has 0 unspecified atom stereocenters. The first-order valence-corrected chi connectivity index (χ1v) is 13.0. The number of hydrogen-bond donors (Lipinski definition) is 2. The van der Waals surface area contributed by atoms with Crippen LogP contribution >= 0.6 is 0 Å². The molecule has 2 aliphatic rings. The molecule has 212 valence electrons. The lowest BCUT2D eigenvalue weighted by molar-refractivity contribution is -0.137. The minimum atomic E-state index is -1.01. The molecule has 3 aromatic carbocycles. The molecule has 1 aliphatic heterocycles. The Hall–Kier alpha value is -3.92. The highest BCUT2D eigenvalue weighted by Gasteiger charge is 2.32. The molecule has 10 heteroatoms. The Kier molecular flexibility index (Phi) is 7.55. The van der Waals surface area contributed by atoms with Crippen molar-refractivity contribution in [2.24, 2.45) is 0 Å². The first kappa shape index (κ1) is 27.6. The minimum absolute atomic E-state index is 0.00775. The van der Waals surface area contributed by atoms with E-state index in [4.69, 9.17) is 24.1 Å². The Morgan fingerprint density at radius 3 is 2.52 bits per heavy atom. The van der Waals surface area contributed by atoms with Crippen molar-refractivity contribution in [2.45, 2.75) is 57.2 Å². The molecule has 0 fully saturated rings. The predicted molar refractivity (Wildman–Crippen MR) is 138 cm³/mol. The highest BCUT2D eigenvalue weighted by Crippen LogP contribution is 2.45. The van der Waals surface area contributed by atoms with Gasteiger partial charge in [0, 0.05) is 47.2 Å². The summed E-state index contributed by atoms with van der Waals surface area (Å²) in [5.41, 5.74) is 0.540. The van der Waals surface area contributed by atoms with E-state index in [1.165, 1.54) is 12.1 Å². The van der Waals surface area contributed by atoms with Gasteiger partial charge in [0.05, 0.1) is 25.2 Å². The number of aliphatic hydroxyl groups is 1. The molecule has 0 radical (unpaired) electrons. The van der Waals surface area contributed by atoms with E-state index in [1.54, 1.807) is 32.0 Å². The van der Waals surface area contributed by atoms with Gasteiger partial charge in [0.15, 0.2) is 23.1 Å². The zero-order valence-corrected chi connectivity index (χ0v) is 22.0. The maximum absolute atomic E-state index is 15.0. The maximum Gasteiger partial charge on any atom is 0.304 e. The summed E-state index contributed by atoms with van der Waals surface area (Å²) >= 11 is 0. The number of carboxylic acid groups (broad SMARTS) is 1. The average molecular weight is 559 g/mol. The van der Waals surface area contributed by atoms with Crippen molar-refractivity contribution in [3.63, 3.8) is 0 Å². The van der Waals surface area contributed by atoms with E-state index < -0.39 is 35.1 Å². The smallest absolute Gasteiger partial charge is 0.304 e. The SMILES string of the molecule is CC(C)(O)CCOc1cc(F)c(Oc2ccc(F)c3c2CC[C@H]3Oc2ccc3c(c2)OC[C@H]3CC(=O)O)cc1F. The Balaban J connectivity index is 1.32. The Morgan fingerprint density at radius 2 is 1.77 bits per heavy atom. The minimum Gasteiger partial charge on any atom is -0.492 e. The average Bonchev–Trinajstić information content (AvgIpc) is 3.47. The van der Waals surface area contributed by atoms with Crippen LogP contribution in [0.3, 0.4) is 0 Å². The van der Waals surface area contributed by atoms with E-state index in [0.717, 1.165) is 17.7 Å². The van der Waals surface area contributed by atoms with Crippen LogP contribution in [0.15, 0.2) is 42.5 Å². The summed E-state index contributed by atoms with van der Waals surface area (Å²) in [5.74, 6) is -2.89. The number of halogens is 3. The van der Waals surface area contributed by atoms with Crippen LogP contribution in [-0.2, 0) is 11.2 Å². The monoisotopic (exact) mass is 558 g/mol. The maximum atomic E-state index is 15.0. The first-order valence-electron chi connectivity index (χ1n) is 13.0. The summed E-state index contributed by atoms with van der Waals surface area (Å²) in [7, 11) is 0. The topological polar surface area (TPSA) is 94.5 Å². The normalized spacial score (nSPS) is 17.6. The summed E-state index contributed by atoms with van der Waals surface area (Å²) in [4.78, 5) is 11.1. The van der Waals surface area contributed by atoms with Gasteiger partial charge >= 0.3 is 5.97 Å². The van der Waals surface area contributed by atoms with Gasteiger partial charge in [-0.2, -0.15) is 0 Å². The molecule has 1 aliphatic carbocycles. The van der Waals surface area contributed by atoms with Crippen molar-refractivity contribution in [1.82, 2.24) is 0 Å². The zero-order chi connectivity index (χ0) is 28.6. The molecular formula is C30H29F3O7. The largest absolute Gasteiger partial charge is 0.492 e. The standard InChI is InChI=1S/C30H29F3O7/c1-30(2,36)9-10-37-26-13-22(33)27(14-21(26)32)40-23-8-6-20(31)29-19(23)5-7-24(29)39-17-3-4-18-16(11-28(34)35)15-38-25(18)12-17/h3-4,6,8,12-14,16,24,36H,5,7,9-11,15H2,1-2H3,(H,34,35)/t16-,24-/m1/s1. The number of fused-ring (bicyclic) bond motifs is 2. The predicted octanol–water partition coefficient (Wildman–Crippen LogP) is 6.45. The van der Waals surface area contributed by atoms with Gasteiger partial charge in [0.25, 0.3) is 0 Å². The van der Waals surface area contributed by atoms with Gasteiger partial charge in [-0.05, 0) is 44.9 Å². The van der Waals surface area contributed by atoms with Gasteiger partial charge in [-0.3, -0.25) is 4.79 Å². The number of ether oxygens (including phenoxy) is 4. The molecule has 7 nitrogen and oxygen atoms in total. The van der Waals surface area contributed by atoms with Crippen LogP contribution in [0.4, 0.5) is 13.2 Å². The lowest BCUT2D eigenvalue weighted by Crippen LogP contribution is -2.22. The number of benzene rings is 3. The van der Waals surface area contributed by atoms with E-state index in [-0.39, 0.29) is 54.8 Å². The molecule has 0 saturated carbocycles. The molecule has 0 aromatic heterocycles. The summed E-state index contributed by atoms with van der Waals surface area (Å²) in [6, 6.07) is 9.43. The molecule has 3 aromatic rings. The number of carboxylic acids is 1. The summed E-state index contributed by atoms with van der Waals surface area (Å²) < 4.78 is 67.1. The second kappa shape index (κ2) is 10.9. The fraction of sp³-hybridized carbons (Fsp3) is 0.367. The second-order valence-electron chi connectivity index (χ2n) is 10.6.